The second-order valence-corrected chi connectivity index (χ2v) is 6.03. The Morgan fingerprint density at radius 3 is 2.19 bits per heavy atom. The summed E-state index contributed by atoms with van der Waals surface area (Å²) in [5, 5.41) is 2.94. The molecule has 26 heavy (non-hydrogen) atoms. The number of primary amides is 1. The van der Waals surface area contributed by atoms with Crippen LogP contribution in [0.4, 0.5) is 4.79 Å². The Morgan fingerprint density at radius 1 is 0.923 bits per heavy atom. The number of amides is 4. The Labute approximate surface area is 155 Å². The molecule has 0 heterocycles. The van der Waals surface area contributed by atoms with Gasteiger partial charge in [-0.05, 0) is 23.3 Å². The fraction of sp³-hybridized carbons (Fsp3) is 0.167. The third kappa shape index (κ3) is 6.45. The number of carbonyl (C=O) groups excluding carboxylic acids is 3. The minimum atomic E-state index is -0.911. The van der Waals surface area contributed by atoms with Crippen LogP contribution >= 0.6 is 11.6 Å². The van der Waals surface area contributed by atoms with Crippen molar-refractivity contribution in [2.75, 3.05) is 0 Å². The molecule has 0 aliphatic rings. The SMILES string of the molecule is NC(=O)NC(Cc1ccccc1)C(=O)NNC(=O)Cc1ccc(Cl)cc1. The maximum atomic E-state index is 12.3. The molecule has 2 aromatic rings. The van der Waals surface area contributed by atoms with Crippen LogP contribution in [0.25, 0.3) is 0 Å². The molecule has 4 amide bonds. The van der Waals surface area contributed by atoms with Crippen LogP contribution in [0.1, 0.15) is 11.1 Å². The number of nitrogens with two attached hydrogens (primary N) is 1. The molecule has 0 radical (unpaired) electrons. The molecule has 0 bridgehead atoms. The van der Waals surface area contributed by atoms with Gasteiger partial charge in [0.1, 0.15) is 6.04 Å². The normalized spacial score (nSPS) is 11.3. The molecule has 0 saturated carbocycles. The van der Waals surface area contributed by atoms with Gasteiger partial charge in [-0.3, -0.25) is 20.4 Å². The maximum Gasteiger partial charge on any atom is 0.312 e. The van der Waals surface area contributed by atoms with Crippen molar-refractivity contribution in [2.24, 2.45) is 5.73 Å². The fourth-order valence-corrected chi connectivity index (χ4v) is 2.41. The molecular formula is C18H19ClN4O3. The summed E-state index contributed by atoms with van der Waals surface area (Å²) in [6.45, 7) is 0. The lowest BCUT2D eigenvalue weighted by molar-refractivity contribution is -0.129. The summed E-state index contributed by atoms with van der Waals surface area (Å²) in [7, 11) is 0. The van der Waals surface area contributed by atoms with Gasteiger partial charge in [0.05, 0.1) is 6.42 Å². The Bertz CT molecular complexity index is 766. The highest BCUT2D eigenvalue weighted by atomic mass is 35.5. The Hall–Kier alpha value is -3.06. The van der Waals surface area contributed by atoms with Gasteiger partial charge in [-0.2, -0.15) is 0 Å². The van der Waals surface area contributed by atoms with Gasteiger partial charge in [-0.25, -0.2) is 4.79 Å². The first-order valence-electron chi connectivity index (χ1n) is 7.87. The van der Waals surface area contributed by atoms with E-state index in [2.05, 4.69) is 16.2 Å². The summed E-state index contributed by atoms with van der Waals surface area (Å²) in [6.07, 6.45) is 0.312. The minimum Gasteiger partial charge on any atom is -0.352 e. The zero-order valence-corrected chi connectivity index (χ0v) is 14.6. The van der Waals surface area contributed by atoms with Crippen molar-refractivity contribution in [3.63, 3.8) is 0 Å². The largest absolute Gasteiger partial charge is 0.352 e. The van der Waals surface area contributed by atoms with Crippen LogP contribution in [0.5, 0.6) is 0 Å². The van der Waals surface area contributed by atoms with Crippen LogP contribution in [-0.4, -0.2) is 23.9 Å². The zero-order valence-electron chi connectivity index (χ0n) is 13.9. The lowest BCUT2D eigenvalue weighted by Crippen LogP contribution is -2.54. The lowest BCUT2D eigenvalue weighted by Gasteiger charge is -2.17. The van der Waals surface area contributed by atoms with Crippen LogP contribution < -0.4 is 21.9 Å². The molecule has 0 fully saturated rings. The van der Waals surface area contributed by atoms with Gasteiger partial charge in [-0.15, -0.1) is 0 Å². The van der Waals surface area contributed by atoms with Gasteiger partial charge in [0.25, 0.3) is 5.91 Å². The first-order chi connectivity index (χ1) is 12.4. The standard InChI is InChI=1S/C18H19ClN4O3/c19-14-8-6-13(7-9-14)11-16(24)22-23-17(25)15(21-18(20)26)10-12-4-2-1-3-5-12/h1-9,15H,10-11H2,(H,22,24)(H,23,25)(H3,20,21,26). The number of hydrazine groups is 1. The molecule has 2 aromatic carbocycles. The monoisotopic (exact) mass is 374 g/mol. The molecule has 0 saturated heterocycles. The summed E-state index contributed by atoms with van der Waals surface area (Å²) in [4.78, 5) is 35.3. The summed E-state index contributed by atoms with van der Waals surface area (Å²) < 4.78 is 0. The third-order valence-corrected chi connectivity index (χ3v) is 3.77. The third-order valence-electron chi connectivity index (χ3n) is 3.52. The van der Waals surface area contributed by atoms with E-state index in [0.29, 0.717) is 5.02 Å². The second kappa shape index (κ2) is 9.43. The van der Waals surface area contributed by atoms with Crippen molar-refractivity contribution >= 4 is 29.4 Å². The Kier molecular flexibility index (Phi) is 6.99. The van der Waals surface area contributed by atoms with E-state index < -0.39 is 23.9 Å². The van der Waals surface area contributed by atoms with Crippen LogP contribution in [-0.2, 0) is 22.4 Å². The number of urea groups is 1. The van der Waals surface area contributed by atoms with E-state index in [9.17, 15) is 14.4 Å². The highest BCUT2D eigenvalue weighted by Gasteiger charge is 2.20. The predicted octanol–water partition coefficient (Wildman–Crippen LogP) is 1.31. The number of hydrogen-bond acceptors (Lipinski definition) is 3. The van der Waals surface area contributed by atoms with E-state index in [-0.39, 0.29) is 12.8 Å². The molecule has 0 aliphatic carbocycles. The number of hydrogen-bond donors (Lipinski definition) is 4. The average Bonchev–Trinajstić information content (AvgIpc) is 2.61. The summed E-state index contributed by atoms with van der Waals surface area (Å²) in [6, 6.07) is 14.2. The van der Waals surface area contributed by atoms with E-state index >= 15 is 0 Å². The number of nitrogens with one attached hydrogen (secondary N) is 3. The molecule has 1 atom stereocenters. The summed E-state index contributed by atoms with van der Waals surface area (Å²) in [5.74, 6) is -0.977. The van der Waals surface area contributed by atoms with Gasteiger partial charge in [0.2, 0.25) is 5.91 Å². The maximum absolute atomic E-state index is 12.3. The van der Waals surface area contributed by atoms with E-state index in [4.69, 9.17) is 17.3 Å². The first kappa shape index (κ1) is 19.3. The van der Waals surface area contributed by atoms with Crippen molar-refractivity contribution in [1.29, 1.82) is 0 Å². The first-order valence-corrected chi connectivity index (χ1v) is 8.25. The topological polar surface area (TPSA) is 113 Å². The quantitative estimate of drug-likeness (QED) is 0.571. The van der Waals surface area contributed by atoms with Gasteiger partial charge < -0.3 is 11.1 Å². The molecule has 5 N–H and O–H groups in total. The Morgan fingerprint density at radius 2 is 1.58 bits per heavy atom. The average molecular weight is 375 g/mol. The van der Waals surface area contributed by atoms with Crippen molar-refractivity contribution < 1.29 is 14.4 Å². The van der Waals surface area contributed by atoms with Crippen LogP contribution in [0.15, 0.2) is 54.6 Å². The van der Waals surface area contributed by atoms with Crippen LogP contribution in [0.3, 0.4) is 0 Å². The zero-order chi connectivity index (χ0) is 18.9. The minimum absolute atomic E-state index is 0.0735. The molecule has 136 valence electrons. The molecule has 2 rings (SSSR count). The summed E-state index contributed by atoms with van der Waals surface area (Å²) in [5.41, 5.74) is 11.3. The van der Waals surface area contributed by atoms with Gasteiger partial charge in [-0.1, -0.05) is 54.1 Å². The lowest BCUT2D eigenvalue weighted by atomic mass is 10.1. The fourth-order valence-electron chi connectivity index (χ4n) is 2.28. The van der Waals surface area contributed by atoms with Crippen molar-refractivity contribution in [3.8, 4) is 0 Å². The van der Waals surface area contributed by atoms with Crippen molar-refractivity contribution in [2.45, 2.75) is 18.9 Å². The predicted molar refractivity (Wildman–Crippen MR) is 98.1 cm³/mol. The molecule has 0 spiro atoms. The van der Waals surface area contributed by atoms with E-state index in [1.807, 2.05) is 30.3 Å². The number of benzene rings is 2. The molecule has 0 aromatic heterocycles. The Balaban J connectivity index is 1.90. The molecule has 7 nitrogen and oxygen atoms in total. The van der Waals surface area contributed by atoms with Gasteiger partial charge in [0, 0.05) is 11.4 Å². The molecule has 8 heteroatoms. The smallest absolute Gasteiger partial charge is 0.312 e. The highest BCUT2D eigenvalue weighted by Crippen LogP contribution is 2.09. The highest BCUT2D eigenvalue weighted by molar-refractivity contribution is 6.30. The van der Waals surface area contributed by atoms with Crippen LogP contribution in [0, 0.1) is 0 Å². The number of rotatable bonds is 6. The van der Waals surface area contributed by atoms with E-state index in [1.54, 1.807) is 24.3 Å². The van der Waals surface area contributed by atoms with Crippen molar-refractivity contribution in [3.05, 3.63) is 70.7 Å². The molecule has 1 unspecified atom stereocenters. The number of halogens is 1. The van der Waals surface area contributed by atoms with E-state index in [0.717, 1.165) is 11.1 Å². The molecular weight excluding hydrogens is 356 g/mol. The van der Waals surface area contributed by atoms with Gasteiger partial charge in [0.15, 0.2) is 0 Å². The number of carbonyl (C=O) groups is 3. The van der Waals surface area contributed by atoms with Gasteiger partial charge >= 0.3 is 6.03 Å². The van der Waals surface area contributed by atoms with Crippen molar-refractivity contribution in [1.82, 2.24) is 16.2 Å². The molecule has 0 aliphatic heterocycles. The second-order valence-electron chi connectivity index (χ2n) is 5.59. The van der Waals surface area contributed by atoms with E-state index in [1.165, 1.54) is 0 Å². The van der Waals surface area contributed by atoms with Crippen LogP contribution in [0.2, 0.25) is 5.02 Å². The summed E-state index contributed by atoms with van der Waals surface area (Å²) >= 11 is 5.79.